The highest BCUT2D eigenvalue weighted by Gasteiger charge is 2.40. The van der Waals surface area contributed by atoms with Crippen LogP contribution in [0.3, 0.4) is 0 Å². The highest BCUT2D eigenvalue weighted by atomic mass is 35.5. The molecular weight excluding hydrogens is 524 g/mol. The number of rotatable bonds is 7. The number of nitrogens with one attached hydrogen (secondary N) is 1. The lowest BCUT2D eigenvalue weighted by atomic mass is 9.81. The molecule has 1 aliphatic rings. The number of hydrogen-bond donors (Lipinski definition) is 2. The zero-order valence-electron chi connectivity index (χ0n) is 22.1. The molecule has 0 radical (unpaired) electrons. The third-order valence-electron chi connectivity index (χ3n) is 7.87. The van der Waals surface area contributed by atoms with E-state index in [0.29, 0.717) is 36.4 Å². The maximum Gasteiger partial charge on any atom is 0.253 e. The number of nitrogens with zero attached hydrogens (tertiary/aromatic N) is 4. The molecule has 3 heterocycles. The van der Waals surface area contributed by atoms with Gasteiger partial charge in [0.1, 0.15) is 12.7 Å². The van der Waals surface area contributed by atoms with Crippen molar-refractivity contribution in [1.29, 1.82) is 0 Å². The molecule has 1 aliphatic heterocycles. The molecule has 0 spiro atoms. The number of benzene rings is 3. The van der Waals surface area contributed by atoms with E-state index in [2.05, 4.69) is 57.3 Å². The molecule has 8 nitrogen and oxygen atoms in total. The second-order valence-corrected chi connectivity index (χ2v) is 10.8. The van der Waals surface area contributed by atoms with Crippen molar-refractivity contribution in [2.24, 2.45) is 5.73 Å². The van der Waals surface area contributed by atoms with E-state index in [4.69, 9.17) is 17.3 Å². The number of primary amides is 1. The SMILES string of the molecule is Cc1ccc2c(c1)c(CCC(N)=O)c1n2CC(NC(=O)c2ccc(-n3cnnc3)cc2Cl)(c2ccccc2)CC1. The van der Waals surface area contributed by atoms with Crippen molar-refractivity contribution in [3.05, 3.63) is 112 Å². The summed E-state index contributed by atoms with van der Waals surface area (Å²) in [4.78, 5) is 25.5. The molecule has 0 bridgehead atoms. The van der Waals surface area contributed by atoms with Crippen LogP contribution in [0.15, 0.2) is 79.4 Å². The van der Waals surface area contributed by atoms with Gasteiger partial charge in [-0.25, -0.2) is 0 Å². The predicted octanol–water partition coefficient (Wildman–Crippen LogP) is 4.87. The van der Waals surface area contributed by atoms with E-state index in [1.165, 1.54) is 5.69 Å². The van der Waals surface area contributed by atoms with Crippen LogP contribution in [0, 0.1) is 6.92 Å². The van der Waals surface area contributed by atoms with Crippen LogP contribution in [-0.4, -0.2) is 31.1 Å². The Balaban J connectivity index is 1.40. The fourth-order valence-electron chi connectivity index (χ4n) is 5.90. The summed E-state index contributed by atoms with van der Waals surface area (Å²) in [5.41, 5.74) is 11.7. The molecule has 0 saturated heterocycles. The largest absolute Gasteiger partial charge is 0.370 e. The molecular formula is C31H29ClN6O2. The Kier molecular flexibility index (Phi) is 6.64. The van der Waals surface area contributed by atoms with E-state index in [9.17, 15) is 9.59 Å². The maximum atomic E-state index is 13.8. The summed E-state index contributed by atoms with van der Waals surface area (Å²) in [5.74, 6) is -0.552. The zero-order chi connectivity index (χ0) is 27.9. The highest BCUT2D eigenvalue weighted by Crippen LogP contribution is 2.40. The molecule has 40 heavy (non-hydrogen) atoms. The van der Waals surface area contributed by atoms with Crippen LogP contribution in [0.4, 0.5) is 0 Å². The van der Waals surface area contributed by atoms with Gasteiger partial charge in [0.05, 0.1) is 22.7 Å². The van der Waals surface area contributed by atoms with Crippen molar-refractivity contribution >= 4 is 34.3 Å². The average Bonchev–Trinajstić information content (AvgIpc) is 3.58. The molecule has 1 atom stereocenters. The molecule has 3 N–H and O–H groups in total. The first-order valence-electron chi connectivity index (χ1n) is 13.3. The summed E-state index contributed by atoms with van der Waals surface area (Å²) in [7, 11) is 0. The number of halogens is 1. The van der Waals surface area contributed by atoms with Gasteiger partial charge in [-0.2, -0.15) is 0 Å². The second kappa shape index (κ2) is 10.3. The van der Waals surface area contributed by atoms with Crippen LogP contribution in [0.2, 0.25) is 5.02 Å². The van der Waals surface area contributed by atoms with E-state index >= 15 is 0 Å². The van der Waals surface area contributed by atoms with E-state index in [-0.39, 0.29) is 11.8 Å². The molecule has 3 aromatic carbocycles. The van der Waals surface area contributed by atoms with Crippen LogP contribution in [0.1, 0.15) is 45.6 Å². The fraction of sp³-hybridized carbons (Fsp3) is 0.226. The first-order valence-corrected chi connectivity index (χ1v) is 13.6. The Hall–Kier alpha value is -4.43. The minimum absolute atomic E-state index is 0.242. The van der Waals surface area contributed by atoms with Gasteiger partial charge in [-0.05, 0) is 67.6 Å². The van der Waals surface area contributed by atoms with Gasteiger partial charge in [0.25, 0.3) is 5.91 Å². The lowest BCUT2D eigenvalue weighted by Gasteiger charge is -2.40. The zero-order valence-corrected chi connectivity index (χ0v) is 22.9. The van der Waals surface area contributed by atoms with E-state index < -0.39 is 5.54 Å². The van der Waals surface area contributed by atoms with E-state index in [1.54, 1.807) is 29.4 Å². The average molecular weight is 553 g/mol. The Bertz CT molecular complexity index is 1730. The number of carbonyl (C=O) groups excluding carboxylic acids is 2. The standard InChI is InChI=1S/C31H29ClN6O2/c1-20-7-11-27-25(15-20)23(10-12-29(33)39)28-13-14-31(17-38(27)28,21-5-3-2-4-6-21)36-30(40)24-9-8-22(16-26(24)32)37-18-34-35-19-37/h2-9,11,15-16,18-19H,10,12-14,17H2,1H3,(H2,33,39)(H,36,40). The first-order chi connectivity index (χ1) is 19.3. The number of hydrogen-bond acceptors (Lipinski definition) is 4. The van der Waals surface area contributed by atoms with Gasteiger partial charge in [-0.15, -0.1) is 10.2 Å². The fourth-order valence-corrected chi connectivity index (χ4v) is 6.16. The Morgan fingerprint density at radius 3 is 2.55 bits per heavy atom. The summed E-state index contributed by atoms with van der Waals surface area (Å²) < 4.78 is 4.04. The molecule has 0 aliphatic carbocycles. The van der Waals surface area contributed by atoms with E-state index in [0.717, 1.165) is 39.7 Å². The molecule has 0 saturated carbocycles. The van der Waals surface area contributed by atoms with Crippen molar-refractivity contribution in [2.45, 2.75) is 44.7 Å². The summed E-state index contributed by atoms with van der Waals surface area (Å²) in [6.45, 7) is 2.62. The summed E-state index contributed by atoms with van der Waals surface area (Å²) >= 11 is 6.63. The topological polar surface area (TPSA) is 108 Å². The van der Waals surface area contributed by atoms with Gasteiger partial charge in [0.2, 0.25) is 5.91 Å². The molecule has 5 aromatic rings. The van der Waals surface area contributed by atoms with Crippen molar-refractivity contribution in [3.63, 3.8) is 0 Å². The van der Waals surface area contributed by atoms with Crippen LogP contribution < -0.4 is 11.1 Å². The van der Waals surface area contributed by atoms with E-state index in [1.807, 2.05) is 24.3 Å². The maximum absolute atomic E-state index is 13.8. The minimum Gasteiger partial charge on any atom is -0.370 e. The van der Waals surface area contributed by atoms with Gasteiger partial charge in [-0.1, -0.05) is 53.6 Å². The monoisotopic (exact) mass is 552 g/mol. The number of amides is 2. The molecule has 2 aromatic heterocycles. The molecule has 1 unspecified atom stereocenters. The van der Waals surface area contributed by atoms with Crippen molar-refractivity contribution in [1.82, 2.24) is 24.6 Å². The minimum atomic E-state index is -0.667. The number of nitrogens with two attached hydrogens (primary N) is 1. The molecule has 2 amide bonds. The molecule has 202 valence electrons. The highest BCUT2D eigenvalue weighted by molar-refractivity contribution is 6.34. The number of aromatic nitrogens is 4. The Morgan fingerprint density at radius 2 is 1.82 bits per heavy atom. The normalized spacial score (nSPS) is 16.6. The lowest BCUT2D eigenvalue weighted by Crippen LogP contribution is -2.51. The second-order valence-electron chi connectivity index (χ2n) is 10.4. The van der Waals surface area contributed by atoms with Crippen LogP contribution in [0.5, 0.6) is 0 Å². The number of carbonyl (C=O) groups is 2. The van der Waals surface area contributed by atoms with Gasteiger partial charge in [0, 0.05) is 28.7 Å². The smallest absolute Gasteiger partial charge is 0.253 e. The van der Waals surface area contributed by atoms with Crippen molar-refractivity contribution < 1.29 is 9.59 Å². The predicted molar refractivity (Wildman–Crippen MR) is 154 cm³/mol. The van der Waals surface area contributed by atoms with Crippen LogP contribution in [0.25, 0.3) is 16.6 Å². The summed E-state index contributed by atoms with van der Waals surface area (Å²) in [5, 5.41) is 12.5. The third kappa shape index (κ3) is 4.64. The van der Waals surface area contributed by atoms with Gasteiger partial charge in [-0.3, -0.25) is 14.2 Å². The molecule has 6 rings (SSSR count). The molecule has 0 fully saturated rings. The Labute approximate surface area is 236 Å². The molecule has 9 heteroatoms. The van der Waals surface area contributed by atoms with Gasteiger partial charge >= 0.3 is 0 Å². The summed E-state index contributed by atoms with van der Waals surface area (Å²) in [6, 6.07) is 21.8. The van der Waals surface area contributed by atoms with Crippen molar-refractivity contribution in [3.8, 4) is 5.69 Å². The third-order valence-corrected chi connectivity index (χ3v) is 8.19. The van der Waals surface area contributed by atoms with Crippen LogP contribution >= 0.6 is 11.6 Å². The number of fused-ring (bicyclic) bond motifs is 3. The Morgan fingerprint density at radius 1 is 1.05 bits per heavy atom. The number of aryl methyl sites for hydroxylation is 2. The van der Waals surface area contributed by atoms with Gasteiger partial charge < -0.3 is 15.6 Å². The quantitative estimate of drug-likeness (QED) is 0.300. The van der Waals surface area contributed by atoms with Crippen LogP contribution in [-0.2, 0) is 29.7 Å². The van der Waals surface area contributed by atoms with Gasteiger partial charge in [0.15, 0.2) is 0 Å². The lowest BCUT2D eigenvalue weighted by molar-refractivity contribution is -0.117. The van der Waals surface area contributed by atoms with Crippen molar-refractivity contribution in [2.75, 3.05) is 0 Å². The first kappa shape index (κ1) is 25.8. The summed E-state index contributed by atoms with van der Waals surface area (Å²) in [6.07, 6.45) is 5.47.